The standard InChI is InChI=1S/C19H27N3O2/c1-13-9-6-7-10-16(13)18(22(4)5)19(23)20-12-8-11-17-14(2)21-24-15(17)3/h6-7,9-10,18H,8,11-12H2,1-5H3,(H,20,23). The van der Waals surface area contributed by atoms with Crippen molar-refractivity contribution in [1.82, 2.24) is 15.4 Å². The molecule has 2 aromatic rings. The number of carbonyl (C=O) groups excluding carboxylic acids is 1. The maximum Gasteiger partial charge on any atom is 0.241 e. The molecule has 1 atom stereocenters. The van der Waals surface area contributed by atoms with E-state index in [9.17, 15) is 4.79 Å². The van der Waals surface area contributed by atoms with Crippen LogP contribution in [0.15, 0.2) is 28.8 Å². The zero-order valence-corrected chi connectivity index (χ0v) is 15.2. The van der Waals surface area contributed by atoms with Crippen molar-refractivity contribution in [2.45, 2.75) is 39.7 Å². The van der Waals surface area contributed by atoms with Gasteiger partial charge < -0.3 is 9.84 Å². The number of aromatic nitrogens is 1. The van der Waals surface area contributed by atoms with Gasteiger partial charge in [-0.2, -0.15) is 0 Å². The van der Waals surface area contributed by atoms with Crippen LogP contribution in [0.3, 0.4) is 0 Å². The third-order valence-corrected chi connectivity index (χ3v) is 4.33. The Bertz CT molecular complexity index is 672. The third-order valence-electron chi connectivity index (χ3n) is 4.33. The Labute approximate surface area is 144 Å². The van der Waals surface area contributed by atoms with Crippen LogP contribution in [0.5, 0.6) is 0 Å². The Morgan fingerprint density at radius 2 is 1.96 bits per heavy atom. The number of amides is 1. The van der Waals surface area contributed by atoms with Gasteiger partial charge in [0.25, 0.3) is 0 Å². The average molecular weight is 329 g/mol. The molecule has 1 heterocycles. The van der Waals surface area contributed by atoms with Crippen LogP contribution in [0.1, 0.15) is 40.6 Å². The molecule has 130 valence electrons. The smallest absolute Gasteiger partial charge is 0.241 e. The first-order valence-electron chi connectivity index (χ1n) is 8.33. The molecule has 0 saturated carbocycles. The number of rotatable bonds is 7. The van der Waals surface area contributed by atoms with Crippen LogP contribution >= 0.6 is 0 Å². The van der Waals surface area contributed by atoms with Crippen molar-refractivity contribution in [3.63, 3.8) is 0 Å². The normalized spacial score (nSPS) is 12.4. The summed E-state index contributed by atoms with van der Waals surface area (Å²) in [6.45, 7) is 6.55. The SMILES string of the molecule is Cc1ccccc1C(C(=O)NCCCc1c(C)noc1C)N(C)C. The number of hydrogen-bond donors (Lipinski definition) is 1. The van der Waals surface area contributed by atoms with Crippen molar-refractivity contribution >= 4 is 5.91 Å². The second kappa shape index (κ2) is 8.11. The van der Waals surface area contributed by atoms with E-state index in [1.54, 1.807) is 0 Å². The molecule has 5 heteroatoms. The summed E-state index contributed by atoms with van der Waals surface area (Å²) < 4.78 is 5.17. The van der Waals surface area contributed by atoms with E-state index < -0.39 is 0 Å². The molecule has 1 aromatic heterocycles. The molecule has 5 nitrogen and oxygen atoms in total. The molecular weight excluding hydrogens is 302 g/mol. The highest BCUT2D eigenvalue weighted by atomic mass is 16.5. The predicted octanol–water partition coefficient (Wildman–Crippen LogP) is 2.95. The number of nitrogens with one attached hydrogen (secondary N) is 1. The lowest BCUT2D eigenvalue weighted by Crippen LogP contribution is -2.37. The molecule has 0 radical (unpaired) electrons. The molecular formula is C19H27N3O2. The molecule has 1 unspecified atom stereocenters. The summed E-state index contributed by atoms with van der Waals surface area (Å²) in [4.78, 5) is 14.6. The van der Waals surface area contributed by atoms with E-state index in [1.165, 1.54) is 0 Å². The Morgan fingerprint density at radius 3 is 2.54 bits per heavy atom. The highest BCUT2D eigenvalue weighted by Crippen LogP contribution is 2.22. The van der Waals surface area contributed by atoms with Gasteiger partial charge in [-0.1, -0.05) is 29.4 Å². The summed E-state index contributed by atoms with van der Waals surface area (Å²) in [6.07, 6.45) is 1.72. The van der Waals surface area contributed by atoms with E-state index in [0.29, 0.717) is 6.54 Å². The first-order valence-corrected chi connectivity index (χ1v) is 8.33. The summed E-state index contributed by atoms with van der Waals surface area (Å²) >= 11 is 0. The van der Waals surface area contributed by atoms with Gasteiger partial charge >= 0.3 is 0 Å². The minimum Gasteiger partial charge on any atom is -0.361 e. The second-order valence-corrected chi connectivity index (χ2v) is 6.42. The molecule has 0 saturated heterocycles. The largest absolute Gasteiger partial charge is 0.361 e. The summed E-state index contributed by atoms with van der Waals surface area (Å²) in [5, 5.41) is 7.02. The van der Waals surface area contributed by atoms with Gasteiger partial charge in [-0.05, 0) is 58.8 Å². The van der Waals surface area contributed by atoms with Gasteiger partial charge in [-0.25, -0.2) is 0 Å². The molecule has 24 heavy (non-hydrogen) atoms. The van der Waals surface area contributed by atoms with E-state index in [0.717, 1.165) is 41.0 Å². The van der Waals surface area contributed by atoms with Crippen LogP contribution in [0.25, 0.3) is 0 Å². The van der Waals surface area contributed by atoms with Crippen molar-refractivity contribution in [3.05, 3.63) is 52.4 Å². The summed E-state index contributed by atoms with van der Waals surface area (Å²) in [7, 11) is 3.86. The quantitative estimate of drug-likeness (QED) is 0.794. The molecule has 1 aromatic carbocycles. The lowest BCUT2D eigenvalue weighted by Gasteiger charge is -2.25. The predicted molar refractivity (Wildman–Crippen MR) is 94.9 cm³/mol. The minimum atomic E-state index is -0.273. The zero-order valence-electron chi connectivity index (χ0n) is 15.2. The maximum absolute atomic E-state index is 12.6. The summed E-state index contributed by atoms with van der Waals surface area (Å²) in [6, 6.07) is 7.75. The Hall–Kier alpha value is -2.14. The van der Waals surface area contributed by atoms with Crippen LogP contribution in [0, 0.1) is 20.8 Å². The molecule has 0 aliphatic heterocycles. The lowest BCUT2D eigenvalue weighted by atomic mass is 9.99. The van der Waals surface area contributed by atoms with Crippen molar-refractivity contribution in [2.24, 2.45) is 0 Å². The molecule has 1 N–H and O–H groups in total. The van der Waals surface area contributed by atoms with Crippen LogP contribution in [-0.2, 0) is 11.2 Å². The molecule has 0 fully saturated rings. The van der Waals surface area contributed by atoms with E-state index >= 15 is 0 Å². The van der Waals surface area contributed by atoms with Crippen molar-refractivity contribution in [1.29, 1.82) is 0 Å². The Balaban J connectivity index is 1.93. The molecule has 2 rings (SSSR count). The number of aryl methyl sites for hydroxylation is 3. The van der Waals surface area contributed by atoms with E-state index in [4.69, 9.17) is 4.52 Å². The topological polar surface area (TPSA) is 58.4 Å². The van der Waals surface area contributed by atoms with Gasteiger partial charge in [0.2, 0.25) is 5.91 Å². The van der Waals surface area contributed by atoms with Crippen LogP contribution < -0.4 is 5.32 Å². The number of likely N-dealkylation sites (N-methyl/N-ethyl adjacent to an activating group) is 1. The molecule has 0 aliphatic carbocycles. The van der Waals surface area contributed by atoms with Crippen molar-refractivity contribution in [2.75, 3.05) is 20.6 Å². The number of carbonyl (C=O) groups is 1. The van der Waals surface area contributed by atoms with E-state index in [-0.39, 0.29) is 11.9 Å². The molecule has 1 amide bonds. The number of hydrogen-bond acceptors (Lipinski definition) is 4. The van der Waals surface area contributed by atoms with Gasteiger partial charge in [0, 0.05) is 12.1 Å². The highest BCUT2D eigenvalue weighted by Gasteiger charge is 2.23. The molecule has 0 spiro atoms. The zero-order chi connectivity index (χ0) is 17.7. The molecule has 0 bridgehead atoms. The first kappa shape index (κ1) is 18.2. The number of benzene rings is 1. The second-order valence-electron chi connectivity index (χ2n) is 6.42. The van der Waals surface area contributed by atoms with Gasteiger partial charge in [0.1, 0.15) is 11.8 Å². The third kappa shape index (κ3) is 4.23. The minimum absolute atomic E-state index is 0.0352. The van der Waals surface area contributed by atoms with Gasteiger partial charge in [-0.3, -0.25) is 9.69 Å². The molecule has 0 aliphatic rings. The van der Waals surface area contributed by atoms with Gasteiger partial charge in [-0.15, -0.1) is 0 Å². The fourth-order valence-corrected chi connectivity index (χ4v) is 2.98. The van der Waals surface area contributed by atoms with Gasteiger partial charge in [0.05, 0.1) is 5.69 Å². The fourth-order valence-electron chi connectivity index (χ4n) is 2.98. The van der Waals surface area contributed by atoms with E-state index in [2.05, 4.69) is 10.5 Å². The fraction of sp³-hybridized carbons (Fsp3) is 0.474. The van der Waals surface area contributed by atoms with Crippen molar-refractivity contribution in [3.8, 4) is 0 Å². The van der Waals surface area contributed by atoms with Crippen LogP contribution in [0.4, 0.5) is 0 Å². The average Bonchev–Trinajstić information content (AvgIpc) is 2.85. The van der Waals surface area contributed by atoms with Crippen molar-refractivity contribution < 1.29 is 9.32 Å². The van der Waals surface area contributed by atoms with E-state index in [1.807, 2.05) is 64.0 Å². The summed E-state index contributed by atoms with van der Waals surface area (Å²) in [5.74, 6) is 0.901. The highest BCUT2D eigenvalue weighted by molar-refractivity contribution is 5.83. The Morgan fingerprint density at radius 1 is 1.25 bits per heavy atom. The number of nitrogens with zero attached hydrogens (tertiary/aromatic N) is 2. The Kier molecular flexibility index (Phi) is 6.15. The maximum atomic E-state index is 12.6. The summed E-state index contributed by atoms with van der Waals surface area (Å²) in [5.41, 5.74) is 4.25. The van der Waals surface area contributed by atoms with Gasteiger partial charge in [0.15, 0.2) is 0 Å². The van der Waals surface area contributed by atoms with Crippen LogP contribution in [0.2, 0.25) is 0 Å². The lowest BCUT2D eigenvalue weighted by molar-refractivity contribution is -0.125. The van der Waals surface area contributed by atoms with Crippen LogP contribution in [-0.4, -0.2) is 36.6 Å². The monoisotopic (exact) mass is 329 g/mol. The first-order chi connectivity index (χ1) is 11.4.